The molecule has 6 rings (SSSR count). The van der Waals surface area contributed by atoms with E-state index in [1.54, 1.807) is 42.2 Å². The Balaban J connectivity index is 1.44. The molecule has 0 radical (unpaired) electrons. The Bertz CT molecular complexity index is 1750. The monoisotopic (exact) mass is 584 g/mol. The van der Waals surface area contributed by atoms with Crippen LogP contribution in [0.1, 0.15) is 53.5 Å². The lowest BCUT2D eigenvalue weighted by atomic mass is 9.89. The van der Waals surface area contributed by atoms with E-state index < -0.39 is 41.9 Å². The minimum Gasteiger partial charge on any atom is -0.480 e. The number of hydrogen-bond acceptors (Lipinski definition) is 4. The fourth-order valence-electron chi connectivity index (χ4n) is 6.08. The van der Waals surface area contributed by atoms with Crippen LogP contribution in [-0.2, 0) is 16.0 Å². The van der Waals surface area contributed by atoms with Crippen LogP contribution >= 0.6 is 11.6 Å². The summed E-state index contributed by atoms with van der Waals surface area (Å²) < 4.78 is 0. The third-order valence-electron chi connectivity index (χ3n) is 8.37. The van der Waals surface area contributed by atoms with E-state index in [2.05, 4.69) is 10.3 Å². The average molecular weight is 585 g/mol. The smallest absolute Gasteiger partial charge is 0.332 e. The second-order valence-electron chi connectivity index (χ2n) is 10.8. The molecule has 3 N–H and O–H groups in total. The number of fused-ring (bicyclic) bond motifs is 4. The number of imide groups is 1. The fraction of sp³-hybridized carbons (Fsp3) is 0.250. The number of amides is 4. The Kier molecular flexibility index (Phi) is 6.98. The first-order valence-electron chi connectivity index (χ1n) is 13.8. The second kappa shape index (κ2) is 10.6. The van der Waals surface area contributed by atoms with Crippen molar-refractivity contribution in [1.29, 1.82) is 0 Å². The minimum absolute atomic E-state index is 0.0388. The molecule has 4 atom stereocenters. The summed E-state index contributed by atoms with van der Waals surface area (Å²) in [6.07, 6.45) is 0.833. The highest BCUT2D eigenvalue weighted by atomic mass is 35.5. The van der Waals surface area contributed by atoms with Gasteiger partial charge in [-0.1, -0.05) is 74.3 Å². The number of aliphatic carboxylic acids is 1. The SMILES string of the molecule is CC[C@H](C)[C@H](NC(=O)c1ccccc1N1C(=O)[C@@H]2Cc3c([nH]c4ccccc34)[C@H](c3cccc(Cl)c3)N2C1=O)C(=O)O. The van der Waals surface area contributed by atoms with Crippen molar-refractivity contribution in [3.63, 3.8) is 0 Å². The average Bonchev–Trinajstić information content (AvgIpc) is 3.48. The molecule has 4 aromatic rings. The number of urea groups is 1. The lowest BCUT2D eigenvalue weighted by molar-refractivity contribution is -0.140. The van der Waals surface area contributed by atoms with Gasteiger partial charge in [-0.2, -0.15) is 0 Å². The molecule has 0 bridgehead atoms. The number of halogens is 1. The first-order chi connectivity index (χ1) is 20.2. The van der Waals surface area contributed by atoms with Crippen molar-refractivity contribution >= 4 is 52.0 Å². The van der Waals surface area contributed by atoms with Crippen molar-refractivity contribution in [3.05, 3.63) is 100 Å². The van der Waals surface area contributed by atoms with Crippen LogP contribution in [0.4, 0.5) is 10.5 Å². The molecule has 214 valence electrons. The number of para-hydroxylation sites is 2. The molecule has 4 amide bonds. The number of H-pyrrole nitrogens is 1. The third-order valence-corrected chi connectivity index (χ3v) is 8.60. The van der Waals surface area contributed by atoms with Crippen molar-refractivity contribution in [3.8, 4) is 0 Å². The first kappa shape index (κ1) is 27.5. The van der Waals surface area contributed by atoms with E-state index in [0.29, 0.717) is 17.9 Å². The zero-order valence-corrected chi connectivity index (χ0v) is 23.8. The van der Waals surface area contributed by atoms with Gasteiger partial charge in [0.25, 0.3) is 11.8 Å². The number of nitrogens with zero attached hydrogens (tertiary/aromatic N) is 2. The Morgan fingerprint density at radius 2 is 1.81 bits per heavy atom. The molecular weight excluding hydrogens is 556 g/mol. The maximum atomic E-state index is 14.3. The highest BCUT2D eigenvalue weighted by molar-refractivity contribution is 6.30. The van der Waals surface area contributed by atoms with Crippen molar-refractivity contribution in [2.24, 2.45) is 5.92 Å². The number of aromatic amines is 1. The van der Waals surface area contributed by atoms with Gasteiger partial charge in [-0.05, 0) is 47.4 Å². The van der Waals surface area contributed by atoms with E-state index in [9.17, 15) is 24.3 Å². The summed E-state index contributed by atoms with van der Waals surface area (Å²) in [5, 5.41) is 13.8. The Labute approximate surface area is 247 Å². The Morgan fingerprint density at radius 1 is 1.07 bits per heavy atom. The van der Waals surface area contributed by atoms with Crippen molar-refractivity contribution in [2.45, 2.75) is 44.8 Å². The number of hydrogen-bond donors (Lipinski definition) is 3. The van der Waals surface area contributed by atoms with Crippen LogP contribution < -0.4 is 10.2 Å². The van der Waals surface area contributed by atoms with Crippen molar-refractivity contribution < 1.29 is 24.3 Å². The van der Waals surface area contributed by atoms with Crippen LogP contribution in [-0.4, -0.2) is 50.9 Å². The number of carboxylic acid groups (broad SMARTS) is 1. The number of carbonyl (C=O) groups excluding carboxylic acids is 3. The molecule has 10 heteroatoms. The van der Waals surface area contributed by atoms with Gasteiger partial charge >= 0.3 is 12.0 Å². The molecule has 3 heterocycles. The molecule has 0 saturated carbocycles. The summed E-state index contributed by atoms with van der Waals surface area (Å²) in [5.74, 6) is -2.62. The lowest BCUT2D eigenvalue weighted by Crippen LogP contribution is -2.45. The number of carbonyl (C=O) groups is 4. The summed E-state index contributed by atoms with van der Waals surface area (Å²) in [6, 6.07) is 18.1. The second-order valence-corrected chi connectivity index (χ2v) is 11.2. The van der Waals surface area contributed by atoms with Gasteiger partial charge in [0.1, 0.15) is 18.1 Å². The molecule has 9 nitrogen and oxygen atoms in total. The van der Waals surface area contributed by atoms with Gasteiger partial charge in [0, 0.05) is 28.0 Å². The highest BCUT2D eigenvalue weighted by Gasteiger charge is 2.53. The number of benzene rings is 3. The van der Waals surface area contributed by atoms with Crippen molar-refractivity contribution in [1.82, 2.24) is 15.2 Å². The number of aromatic nitrogens is 1. The molecule has 1 aromatic heterocycles. The molecule has 0 unspecified atom stereocenters. The molecule has 1 saturated heterocycles. The van der Waals surface area contributed by atoms with Crippen LogP contribution in [0, 0.1) is 5.92 Å². The van der Waals surface area contributed by atoms with Crippen LogP contribution in [0.5, 0.6) is 0 Å². The van der Waals surface area contributed by atoms with Crippen LogP contribution in [0.3, 0.4) is 0 Å². The Hall–Kier alpha value is -4.63. The Morgan fingerprint density at radius 3 is 2.55 bits per heavy atom. The molecule has 42 heavy (non-hydrogen) atoms. The zero-order valence-electron chi connectivity index (χ0n) is 23.0. The molecule has 1 fully saturated rings. The molecule has 0 spiro atoms. The van der Waals surface area contributed by atoms with Gasteiger partial charge in [-0.3, -0.25) is 14.5 Å². The standard InChI is InChI=1S/C32H29ClN4O5/c1-3-17(2)26(31(40)41)35-29(38)21-12-5-7-14-24(21)37-30(39)25-16-22-20-11-4-6-13-23(20)34-27(22)28(36(25)32(37)42)18-9-8-10-19(33)15-18/h4-15,17,25-26,28,34H,3,16H2,1-2H3,(H,35,38)(H,40,41)/t17-,25-,26-,28-/m0/s1. The summed E-state index contributed by atoms with van der Waals surface area (Å²) in [4.78, 5) is 59.8. The van der Waals surface area contributed by atoms with Gasteiger partial charge in [0.05, 0.1) is 11.3 Å². The van der Waals surface area contributed by atoms with Gasteiger partial charge in [0.15, 0.2) is 0 Å². The summed E-state index contributed by atoms with van der Waals surface area (Å²) in [7, 11) is 0. The topological polar surface area (TPSA) is 123 Å². The van der Waals surface area contributed by atoms with E-state index in [1.165, 1.54) is 12.1 Å². The van der Waals surface area contributed by atoms with Crippen LogP contribution in [0.2, 0.25) is 5.02 Å². The van der Waals surface area contributed by atoms with Crippen LogP contribution in [0.15, 0.2) is 72.8 Å². The van der Waals surface area contributed by atoms with E-state index in [0.717, 1.165) is 32.6 Å². The van der Waals surface area contributed by atoms with Crippen LogP contribution in [0.25, 0.3) is 10.9 Å². The van der Waals surface area contributed by atoms with Gasteiger partial charge in [0.2, 0.25) is 0 Å². The van der Waals surface area contributed by atoms with E-state index in [1.807, 2.05) is 37.3 Å². The maximum absolute atomic E-state index is 14.3. The maximum Gasteiger partial charge on any atom is 0.332 e. The van der Waals surface area contributed by atoms with E-state index in [-0.39, 0.29) is 17.2 Å². The van der Waals surface area contributed by atoms with E-state index >= 15 is 0 Å². The number of anilines is 1. The van der Waals surface area contributed by atoms with Crippen molar-refractivity contribution in [2.75, 3.05) is 4.90 Å². The normalized spacial score (nSPS) is 19.4. The first-order valence-corrected chi connectivity index (χ1v) is 14.2. The molecular formula is C32H29ClN4O5. The number of rotatable bonds is 7. The predicted octanol–water partition coefficient (Wildman–Crippen LogP) is 5.53. The number of carboxylic acids is 1. The summed E-state index contributed by atoms with van der Waals surface area (Å²) in [5.41, 5.74) is 3.55. The minimum atomic E-state index is -1.15. The van der Waals surface area contributed by atoms with Gasteiger partial charge in [-0.25, -0.2) is 14.5 Å². The fourth-order valence-corrected chi connectivity index (χ4v) is 6.28. The number of nitrogens with one attached hydrogen (secondary N) is 2. The molecule has 3 aromatic carbocycles. The molecule has 0 aliphatic carbocycles. The largest absolute Gasteiger partial charge is 0.480 e. The lowest BCUT2D eigenvalue weighted by Gasteiger charge is -2.36. The molecule has 2 aliphatic rings. The van der Waals surface area contributed by atoms with Gasteiger partial charge < -0.3 is 15.4 Å². The molecule has 2 aliphatic heterocycles. The van der Waals surface area contributed by atoms with Gasteiger partial charge in [-0.15, -0.1) is 0 Å². The predicted molar refractivity (Wildman–Crippen MR) is 159 cm³/mol. The van der Waals surface area contributed by atoms with E-state index in [4.69, 9.17) is 11.6 Å². The summed E-state index contributed by atoms with van der Waals surface area (Å²) >= 11 is 6.38. The quantitative estimate of drug-likeness (QED) is 0.246. The zero-order chi connectivity index (χ0) is 29.7. The third kappa shape index (κ3) is 4.41. The summed E-state index contributed by atoms with van der Waals surface area (Å²) in [6.45, 7) is 3.58. The highest BCUT2D eigenvalue weighted by Crippen LogP contribution is 2.45.